The molecule has 7 nitrogen and oxygen atoms in total. The van der Waals surface area contributed by atoms with Crippen LogP contribution in [0.25, 0.3) is 11.3 Å². The zero-order chi connectivity index (χ0) is 21.7. The van der Waals surface area contributed by atoms with Crippen LogP contribution in [0.15, 0.2) is 64.0 Å². The quantitative estimate of drug-likeness (QED) is 0.537. The molecule has 0 unspecified atom stereocenters. The summed E-state index contributed by atoms with van der Waals surface area (Å²) in [5.41, 5.74) is 1.36. The van der Waals surface area contributed by atoms with Gasteiger partial charge in [-0.3, -0.25) is 4.79 Å². The lowest BCUT2D eigenvalue weighted by molar-refractivity contribution is -0.116. The molecule has 1 amide bonds. The van der Waals surface area contributed by atoms with E-state index in [1.165, 1.54) is 12.1 Å². The number of aryl methyl sites for hydroxylation is 1. The summed E-state index contributed by atoms with van der Waals surface area (Å²) in [6.45, 7) is 3.50. The molecule has 9 heteroatoms. The van der Waals surface area contributed by atoms with E-state index in [0.29, 0.717) is 28.8 Å². The highest BCUT2D eigenvalue weighted by Crippen LogP contribution is 2.23. The van der Waals surface area contributed by atoms with Crippen molar-refractivity contribution < 1.29 is 17.6 Å². The predicted octanol–water partition coefficient (Wildman–Crippen LogP) is 4.25. The van der Waals surface area contributed by atoms with Crippen LogP contribution in [0.2, 0.25) is 5.02 Å². The van der Waals surface area contributed by atoms with Crippen molar-refractivity contribution >= 4 is 33.2 Å². The Kier molecular flexibility index (Phi) is 6.91. The lowest BCUT2D eigenvalue weighted by atomic mass is 10.2. The number of rotatable bonds is 8. The Hall–Kier alpha value is -2.68. The number of hydrogen-bond acceptors (Lipinski definition) is 5. The maximum Gasteiger partial charge on any atom is 0.240 e. The third-order valence-electron chi connectivity index (χ3n) is 4.09. The number of aromatic nitrogens is 1. The minimum atomic E-state index is -3.56. The average Bonchev–Trinajstić information content (AvgIpc) is 3.15. The van der Waals surface area contributed by atoms with Crippen LogP contribution >= 0.6 is 11.6 Å². The zero-order valence-electron chi connectivity index (χ0n) is 16.6. The van der Waals surface area contributed by atoms with E-state index in [2.05, 4.69) is 15.0 Å². The molecule has 0 radical (unpaired) electrons. The highest BCUT2D eigenvalue weighted by Gasteiger charge is 2.15. The molecule has 0 bridgehead atoms. The van der Waals surface area contributed by atoms with Crippen LogP contribution in [0.5, 0.6) is 0 Å². The summed E-state index contributed by atoms with van der Waals surface area (Å²) < 4.78 is 32.5. The van der Waals surface area contributed by atoms with Crippen LogP contribution in [0.1, 0.15) is 26.2 Å². The zero-order valence-corrected chi connectivity index (χ0v) is 18.1. The Morgan fingerprint density at radius 2 is 1.77 bits per heavy atom. The van der Waals surface area contributed by atoms with Gasteiger partial charge < -0.3 is 9.73 Å². The minimum Gasteiger partial charge on any atom is -0.441 e. The van der Waals surface area contributed by atoms with Crippen molar-refractivity contribution in [2.75, 3.05) is 5.32 Å². The van der Waals surface area contributed by atoms with E-state index >= 15 is 0 Å². The lowest BCUT2D eigenvalue weighted by Gasteiger charge is -2.10. The lowest BCUT2D eigenvalue weighted by Crippen LogP contribution is -2.30. The Bertz CT molecular complexity index is 1110. The molecule has 1 heterocycles. The molecule has 158 valence electrons. The second-order valence-electron chi connectivity index (χ2n) is 6.97. The number of sulfonamides is 1. The number of amides is 1. The molecule has 3 aromatic rings. The summed E-state index contributed by atoms with van der Waals surface area (Å²) in [7, 11) is -3.56. The van der Waals surface area contributed by atoms with Crippen molar-refractivity contribution in [3.05, 3.63) is 65.6 Å². The molecule has 0 aliphatic heterocycles. The van der Waals surface area contributed by atoms with Gasteiger partial charge in [0.1, 0.15) is 0 Å². The summed E-state index contributed by atoms with van der Waals surface area (Å²) in [4.78, 5) is 16.5. The molecule has 0 saturated carbocycles. The van der Waals surface area contributed by atoms with Crippen molar-refractivity contribution in [3.63, 3.8) is 0 Å². The molecule has 0 aliphatic carbocycles. The van der Waals surface area contributed by atoms with Crippen LogP contribution < -0.4 is 10.0 Å². The molecule has 1 aromatic heterocycles. The van der Waals surface area contributed by atoms with Crippen LogP contribution in [0.3, 0.4) is 0 Å². The van der Waals surface area contributed by atoms with Gasteiger partial charge in [0, 0.05) is 35.2 Å². The molecular formula is C21H22ClN3O4S. The highest BCUT2D eigenvalue weighted by molar-refractivity contribution is 7.89. The van der Waals surface area contributed by atoms with Gasteiger partial charge in [0.15, 0.2) is 11.7 Å². The number of nitrogens with zero attached hydrogens (tertiary/aromatic N) is 1. The first-order valence-electron chi connectivity index (χ1n) is 9.36. The molecular weight excluding hydrogens is 426 g/mol. The first-order valence-corrected chi connectivity index (χ1v) is 11.2. The second-order valence-corrected chi connectivity index (χ2v) is 9.12. The van der Waals surface area contributed by atoms with E-state index in [1.807, 2.05) is 12.1 Å². The number of benzene rings is 2. The van der Waals surface area contributed by atoms with Gasteiger partial charge in [0.2, 0.25) is 15.9 Å². The molecule has 0 fully saturated rings. The Morgan fingerprint density at radius 1 is 1.10 bits per heavy atom. The van der Waals surface area contributed by atoms with E-state index in [4.69, 9.17) is 16.0 Å². The maximum atomic E-state index is 12.2. The van der Waals surface area contributed by atoms with Crippen molar-refractivity contribution in [1.29, 1.82) is 0 Å². The van der Waals surface area contributed by atoms with Gasteiger partial charge in [0.05, 0.1) is 11.1 Å². The number of anilines is 1. The van der Waals surface area contributed by atoms with Gasteiger partial charge in [-0.25, -0.2) is 18.1 Å². The van der Waals surface area contributed by atoms with Gasteiger partial charge in [-0.1, -0.05) is 11.6 Å². The molecule has 0 spiro atoms. The number of hydrogen-bond donors (Lipinski definition) is 2. The number of carbonyl (C=O) groups is 1. The molecule has 0 atom stereocenters. The second kappa shape index (κ2) is 9.42. The van der Waals surface area contributed by atoms with E-state index in [-0.39, 0.29) is 23.3 Å². The van der Waals surface area contributed by atoms with Crippen molar-refractivity contribution in [3.8, 4) is 11.3 Å². The van der Waals surface area contributed by atoms with Gasteiger partial charge in [0.25, 0.3) is 0 Å². The summed E-state index contributed by atoms with van der Waals surface area (Å²) in [5.74, 6) is 0.835. The molecule has 2 N–H and O–H groups in total. The van der Waals surface area contributed by atoms with Crippen molar-refractivity contribution in [1.82, 2.24) is 9.71 Å². The van der Waals surface area contributed by atoms with Crippen LogP contribution in [0.4, 0.5) is 5.69 Å². The standard InChI is InChI=1S/C21H22ClN3O4S/c1-14(2)25-30(27,28)18-9-7-17(8-10-18)24-20(26)11-12-21-23-13-19(29-21)15-3-5-16(22)6-4-15/h3-10,13-14,25H,11-12H2,1-2H3,(H,24,26). The number of carbonyl (C=O) groups excluding carboxylic acids is 1. The normalized spacial score (nSPS) is 11.6. The monoisotopic (exact) mass is 447 g/mol. The van der Waals surface area contributed by atoms with Crippen molar-refractivity contribution in [2.24, 2.45) is 0 Å². The summed E-state index contributed by atoms with van der Waals surface area (Å²) in [6.07, 6.45) is 2.13. The third-order valence-corrected chi connectivity index (χ3v) is 6.01. The van der Waals surface area contributed by atoms with Gasteiger partial charge >= 0.3 is 0 Å². The van der Waals surface area contributed by atoms with Crippen LogP contribution in [-0.4, -0.2) is 25.4 Å². The number of nitrogens with one attached hydrogen (secondary N) is 2. The van der Waals surface area contributed by atoms with Crippen molar-refractivity contribution in [2.45, 2.75) is 37.6 Å². The van der Waals surface area contributed by atoms with E-state index in [9.17, 15) is 13.2 Å². The predicted molar refractivity (Wildman–Crippen MR) is 116 cm³/mol. The molecule has 2 aromatic carbocycles. The van der Waals surface area contributed by atoms with E-state index < -0.39 is 10.0 Å². The molecule has 30 heavy (non-hydrogen) atoms. The molecule has 0 saturated heterocycles. The summed E-state index contributed by atoms with van der Waals surface area (Å²) in [6, 6.07) is 13.0. The SMILES string of the molecule is CC(C)NS(=O)(=O)c1ccc(NC(=O)CCc2ncc(-c3ccc(Cl)cc3)o2)cc1. The largest absolute Gasteiger partial charge is 0.441 e. The summed E-state index contributed by atoms with van der Waals surface area (Å²) >= 11 is 5.88. The fraction of sp³-hybridized carbons (Fsp3) is 0.238. The molecule has 0 aliphatic rings. The smallest absolute Gasteiger partial charge is 0.240 e. The molecule has 3 rings (SSSR count). The van der Waals surface area contributed by atoms with Gasteiger partial charge in [-0.2, -0.15) is 0 Å². The first-order chi connectivity index (χ1) is 14.2. The fourth-order valence-corrected chi connectivity index (χ4v) is 4.09. The fourth-order valence-electron chi connectivity index (χ4n) is 2.71. The van der Waals surface area contributed by atoms with E-state index in [0.717, 1.165) is 5.56 Å². The van der Waals surface area contributed by atoms with Gasteiger partial charge in [-0.15, -0.1) is 0 Å². The highest BCUT2D eigenvalue weighted by atomic mass is 35.5. The number of halogens is 1. The maximum absolute atomic E-state index is 12.2. The minimum absolute atomic E-state index is 0.142. The first kappa shape index (κ1) is 22.0. The van der Waals surface area contributed by atoms with E-state index in [1.54, 1.807) is 44.3 Å². The third kappa shape index (κ3) is 5.91. The Morgan fingerprint density at radius 3 is 2.40 bits per heavy atom. The van der Waals surface area contributed by atoms with Gasteiger partial charge in [-0.05, 0) is 62.4 Å². The topological polar surface area (TPSA) is 101 Å². The number of oxazole rings is 1. The Balaban J connectivity index is 1.54. The Labute approximate surface area is 180 Å². The average molecular weight is 448 g/mol. The van der Waals surface area contributed by atoms with Crippen LogP contribution in [0, 0.1) is 0 Å². The summed E-state index contributed by atoms with van der Waals surface area (Å²) in [5, 5.41) is 3.37. The van der Waals surface area contributed by atoms with Crippen LogP contribution in [-0.2, 0) is 21.2 Å².